The number of carbonyl (C=O) groups is 1. The summed E-state index contributed by atoms with van der Waals surface area (Å²) in [5.74, 6) is 0.767. The molecule has 1 amide bonds. The van der Waals surface area contributed by atoms with E-state index in [0.29, 0.717) is 6.54 Å². The maximum absolute atomic E-state index is 11.6. The fourth-order valence-corrected chi connectivity index (χ4v) is 2.43. The zero-order valence-electron chi connectivity index (χ0n) is 12.1. The first-order valence-corrected chi connectivity index (χ1v) is 6.85. The smallest absolute Gasteiger partial charge is 0.247 e. The van der Waals surface area contributed by atoms with Crippen LogP contribution < -0.4 is 10.1 Å². The van der Waals surface area contributed by atoms with Crippen LogP contribution in [0.25, 0.3) is 11.8 Å². The van der Waals surface area contributed by atoms with Crippen LogP contribution in [0, 0.1) is 6.92 Å². The third-order valence-corrected chi connectivity index (χ3v) is 3.51. The maximum Gasteiger partial charge on any atom is 0.247 e. The molecule has 1 saturated heterocycles. The second-order valence-electron chi connectivity index (χ2n) is 5.03. The van der Waals surface area contributed by atoms with Crippen molar-refractivity contribution in [2.24, 2.45) is 0 Å². The molecule has 0 unspecified atom stereocenters. The molecule has 1 fully saturated rings. The van der Waals surface area contributed by atoms with Gasteiger partial charge in [0.25, 0.3) is 0 Å². The fraction of sp³-hybridized carbons (Fsp3) is 0.250. The minimum Gasteiger partial charge on any atom is -0.495 e. The topological polar surface area (TPSA) is 56.1 Å². The Bertz CT molecular complexity index is 716. The number of ether oxygens (including phenoxy) is 1. The molecule has 0 saturated carbocycles. The highest BCUT2D eigenvalue weighted by Crippen LogP contribution is 2.26. The molecule has 0 spiro atoms. The Hall–Kier alpha value is -2.56. The lowest BCUT2D eigenvalue weighted by atomic mass is 10.1. The van der Waals surface area contributed by atoms with Crippen molar-refractivity contribution in [1.29, 1.82) is 0 Å². The van der Waals surface area contributed by atoms with Crippen LogP contribution in [0.3, 0.4) is 0 Å². The molecule has 0 bridgehead atoms. The average molecular weight is 283 g/mol. The van der Waals surface area contributed by atoms with E-state index in [-0.39, 0.29) is 5.91 Å². The second-order valence-corrected chi connectivity index (χ2v) is 5.03. The quantitative estimate of drug-likeness (QED) is 0.878. The number of rotatable bonds is 3. The first kappa shape index (κ1) is 13.4. The molecule has 108 valence electrons. The lowest BCUT2D eigenvalue weighted by Gasteiger charge is -2.10. The van der Waals surface area contributed by atoms with Gasteiger partial charge in [-0.15, -0.1) is 0 Å². The minimum absolute atomic E-state index is 0.0169. The first-order chi connectivity index (χ1) is 10.2. The molecule has 0 atom stereocenters. The van der Waals surface area contributed by atoms with Gasteiger partial charge in [-0.3, -0.25) is 4.79 Å². The largest absolute Gasteiger partial charge is 0.495 e. The van der Waals surface area contributed by atoms with Gasteiger partial charge in [0.05, 0.1) is 24.8 Å². The standard InChI is InChI=1S/C16H17N3O2/c1-11-9-19(10-18-11)14-4-3-12(8-15(14)21-2)7-13-5-6-17-16(13)20/h3-4,7-10H,5-6H2,1-2H3,(H,17,20)/b13-7+. The zero-order valence-corrected chi connectivity index (χ0v) is 12.1. The van der Waals surface area contributed by atoms with Crippen molar-refractivity contribution in [3.8, 4) is 11.4 Å². The van der Waals surface area contributed by atoms with Gasteiger partial charge in [0, 0.05) is 18.3 Å². The third kappa shape index (κ3) is 2.67. The van der Waals surface area contributed by atoms with E-state index in [0.717, 1.165) is 34.7 Å². The Morgan fingerprint density at radius 3 is 2.90 bits per heavy atom. The predicted octanol–water partition coefficient (Wildman–Crippen LogP) is 2.09. The maximum atomic E-state index is 11.6. The molecule has 0 radical (unpaired) electrons. The van der Waals surface area contributed by atoms with Crippen molar-refractivity contribution >= 4 is 12.0 Å². The number of nitrogens with one attached hydrogen (secondary N) is 1. The number of hydrogen-bond acceptors (Lipinski definition) is 3. The Balaban J connectivity index is 1.97. The van der Waals surface area contributed by atoms with Gasteiger partial charge in [-0.2, -0.15) is 0 Å². The van der Waals surface area contributed by atoms with Gasteiger partial charge >= 0.3 is 0 Å². The first-order valence-electron chi connectivity index (χ1n) is 6.85. The van der Waals surface area contributed by atoms with Gasteiger partial charge in [-0.05, 0) is 37.1 Å². The van der Waals surface area contributed by atoms with Crippen LogP contribution in [-0.2, 0) is 4.79 Å². The van der Waals surface area contributed by atoms with Crippen molar-refractivity contribution in [3.63, 3.8) is 0 Å². The van der Waals surface area contributed by atoms with Crippen molar-refractivity contribution < 1.29 is 9.53 Å². The normalized spacial score (nSPS) is 16.3. The molecule has 1 aromatic carbocycles. The Morgan fingerprint density at radius 1 is 1.43 bits per heavy atom. The number of aromatic nitrogens is 2. The van der Waals surface area contributed by atoms with Crippen LogP contribution in [0.4, 0.5) is 0 Å². The van der Waals surface area contributed by atoms with E-state index in [9.17, 15) is 4.79 Å². The number of nitrogens with zero attached hydrogens (tertiary/aromatic N) is 2. The number of aryl methyl sites for hydroxylation is 1. The van der Waals surface area contributed by atoms with E-state index in [2.05, 4.69) is 10.3 Å². The molecule has 1 aromatic heterocycles. The van der Waals surface area contributed by atoms with Gasteiger partial charge in [0.15, 0.2) is 0 Å². The summed E-state index contributed by atoms with van der Waals surface area (Å²) in [4.78, 5) is 15.8. The summed E-state index contributed by atoms with van der Waals surface area (Å²) in [5, 5.41) is 2.81. The highest BCUT2D eigenvalue weighted by molar-refractivity contribution is 5.99. The van der Waals surface area contributed by atoms with E-state index in [1.54, 1.807) is 13.4 Å². The van der Waals surface area contributed by atoms with Crippen molar-refractivity contribution in [2.45, 2.75) is 13.3 Å². The molecule has 3 rings (SSSR count). The van der Waals surface area contributed by atoms with Crippen LogP contribution in [0.15, 0.2) is 36.3 Å². The monoisotopic (exact) mass is 283 g/mol. The number of carbonyl (C=O) groups excluding carboxylic acids is 1. The SMILES string of the molecule is COc1cc(/C=C2\CCNC2=O)ccc1-n1cnc(C)c1. The summed E-state index contributed by atoms with van der Waals surface area (Å²) in [6.45, 7) is 2.66. The van der Waals surface area contributed by atoms with Crippen molar-refractivity contribution in [1.82, 2.24) is 14.9 Å². The Kier molecular flexibility index (Phi) is 3.48. The highest BCUT2D eigenvalue weighted by atomic mass is 16.5. The Labute approximate surface area is 123 Å². The van der Waals surface area contributed by atoms with E-state index >= 15 is 0 Å². The predicted molar refractivity (Wildman–Crippen MR) is 80.5 cm³/mol. The van der Waals surface area contributed by atoms with E-state index in [1.807, 2.05) is 42.0 Å². The summed E-state index contributed by atoms with van der Waals surface area (Å²) >= 11 is 0. The molecule has 5 heteroatoms. The number of benzene rings is 1. The molecular formula is C16H17N3O2. The van der Waals surface area contributed by atoms with Gasteiger partial charge < -0.3 is 14.6 Å². The number of hydrogen-bond donors (Lipinski definition) is 1. The van der Waals surface area contributed by atoms with Gasteiger partial charge in [-0.1, -0.05) is 6.07 Å². The average Bonchev–Trinajstić information content (AvgIpc) is 3.08. The molecule has 21 heavy (non-hydrogen) atoms. The van der Waals surface area contributed by atoms with Crippen LogP contribution in [0.5, 0.6) is 5.75 Å². The highest BCUT2D eigenvalue weighted by Gasteiger charge is 2.16. The van der Waals surface area contributed by atoms with Crippen LogP contribution in [-0.4, -0.2) is 29.1 Å². The second kappa shape index (κ2) is 5.44. The number of amides is 1. The summed E-state index contributed by atoms with van der Waals surface area (Å²) in [5.41, 5.74) is 3.64. The fourth-order valence-electron chi connectivity index (χ4n) is 2.43. The van der Waals surface area contributed by atoms with Crippen LogP contribution >= 0.6 is 0 Å². The van der Waals surface area contributed by atoms with Gasteiger partial charge in [0.2, 0.25) is 5.91 Å². The van der Waals surface area contributed by atoms with Crippen LogP contribution in [0.2, 0.25) is 0 Å². The summed E-state index contributed by atoms with van der Waals surface area (Å²) in [7, 11) is 1.64. The van der Waals surface area contributed by atoms with E-state index in [4.69, 9.17) is 4.74 Å². The lowest BCUT2D eigenvalue weighted by Crippen LogP contribution is -2.13. The molecule has 1 N–H and O–H groups in total. The minimum atomic E-state index is 0.0169. The summed E-state index contributed by atoms with van der Waals surface area (Å²) in [6.07, 6.45) is 6.38. The molecular weight excluding hydrogens is 266 g/mol. The molecule has 2 aromatic rings. The molecule has 1 aliphatic heterocycles. The van der Waals surface area contributed by atoms with Crippen molar-refractivity contribution in [3.05, 3.63) is 47.6 Å². The van der Waals surface area contributed by atoms with Crippen LogP contribution in [0.1, 0.15) is 17.7 Å². The van der Waals surface area contributed by atoms with Gasteiger partial charge in [0.1, 0.15) is 5.75 Å². The summed E-state index contributed by atoms with van der Waals surface area (Å²) in [6, 6.07) is 5.88. The molecule has 1 aliphatic rings. The van der Waals surface area contributed by atoms with Gasteiger partial charge in [-0.25, -0.2) is 4.98 Å². The number of imidazole rings is 1. The van der Waals surface area contributed by atoms with E-state index in [1.165, 1.54) is 0 Å². The zero-order chi connectivity index (χ0) is 14.8. The summed E-state index contributed by atoms with van der Waals surface area (Å²) < 4.78 is 7.39. The molecule has 5 nitrogen and oxygen atoms in total. The van der Waals surface area contributed by atoms with Crippen molar-refractivity contribution in [2.75, 3.05) is 13.7 Å². The molecule has 2 heterocycles. The molecule has 0 aliphatic carbocycles. The van der Waals surface area contributed by atoms with E-state index < -0.39 is 0 Å². The number of methoxy groups -OCH3 is 1. The lowest BCUT2D eigenvalue weighted by molar-refractivity contribution is -0.116. The third-order valence-electron chi connectivity index (χ3n) is 3.51. The Morgan fingerprint density at radius 2 is 2.29 bits per heavy atom.